The molecule has 0 bridgehead atoms. The topological polar surface area (TPSA) is 18.5 Å². The highest BCUT2D eigenvalue weighted by atomic mass is 16.6. The van der Waals surface area contributed by atoms with Crippen LogP contribution in [-0.2, 0) is 22.3 Å². The number of aryl methyl sites for hydroxylation is 2. The molecule has 128 valence electrons. The first-order chi connectivity index (χ1) is 11.8. The lowest BCUT2D eigenvalue weighted by atomic mass is 10.0. The fraction of sp³-hybridized carbons (Fsp3) is 0.455. The van der Waals surface area contributed by atoms with Crippen molar-refractivity contribution in [3.63, 3.8) is 0 Å². The van der Waals surface area contributed by atoms with E-state index in [1.807, 2.05) is 0 Å². The molecule has 2 heteroatoms. The van der Waals surface area contributed by atoms with Crippen molar-refractivity contribution < 1.29 is 9.47 Å². The van der Waals surface area contributed by atoms with Crippen molar-refractivity contribution in [3.8, 4) is 0 Å². The molecule has 2 aromatic carbocycles. The summed E-state index contributed by atoms with van der Waals surface area (Å²) in [4.78, 5) is 0. The molecule has 1 fully saturated rings. The predicted octanol–water partition coefficient (Wildman–Crippen LogP) is 5.42. The molecule has 0 aromatic heterocycles. The molecule has 3 rings (SSSR count). The summed E-state index contributed by atoms with van der Waals surface area (Å²) >= 11 is 0. The summed E-state index contributed by atoms with van der Waals surface area (Å²) < 4.78 is 12.2. The molecule has 2 atom stereocenters. The van der Waals surface area contributed by atoms with E-state index in [9.17, 15) is 0 Å². The van der Waals surface area contributed by atoms with Crippen molar-refractivity contribution in [2.24, 2.45) is 0 Å². The summed E-state index contributed by atoms with van der Waals surface area (Å²) in [5, 5.41) is 0. The number of hydrogen-bond acceptors (Lipinski definition) is 2. The molecule has 0 spiro atoms. The highest BCUT2D eigenvalue weighted by Crippen LogP contribution is 2.30. The third-order valence-electron chi connectivity index (χ3n) is 4.83. The third kappa shape index (κ3) is 4.25. The van der Waals surface area contributed by atoms with Gasteiger partial charge in [0.2, 0.25) is 0 Å². The summed E-state index contributed by atoms with van der Waals surface area (Å²) in [5.41, 5.74) is 5.19. The van der Waals surface area contributed by atoms with Crippen molar-refractivity contribution >= 4 is 0 Å². The molecule has 2 nitrogen and oxygen atoms in total. The maximum absolute atomic E-state index is 6.08. The summed E-state index contributed by atoms with van der Waals surface area (Å²) in [6, 6.07) is 17.5. The van der Waals surface area contributed by atoms with E-state index in [-0.39, 0.29) is 12.2 Å². The first kappa shape index (κ1) is 17.2. The Bertz CT molecular complexity index is 607. The normalized spacial score (nSPS) is 20.9. The van der Waals surface area contributed by atoms with Crippen molar-refractivity contribution in [1.29, 1.82) is 0 Å². The molecular formula is C22H28O2. The van der Waals surface area contributed by atoms with E-state index in [1.54, 1.807) is 0 Å². The fourth-order valence-electron chi connectivity index (χ4n) is 3.14. The van der Waals surface area contributed by atoms with E-state index < -0.39 is 0 Å². The molecule has 0 unspecified atom stereocenters. The molecule has 2 aromatic rings. The Hall–Kier alpha value is -1.64. The number of unbranched alkanes of at least 4 members (excludes halogenated alkanes) is 1. The molecular weight excluding hydrogens is 296 g/mol. The van der Waals surface area contributed by atoms with Gasteiger partial charge in [0.25, 0.3) is 0 Å². The quantitative estimate of drug-likeness (QED) is 0.706. The number of benzene rings is 2. The fourth-order valence-corrected chi connectivity index (χ4v) is 3.14. The SMILES string of the molecule is CCCCc1ccc([C@H]2CO[C@H](c3ccc(CC)cc3)CO2)cc1. The summed E-state index contributed by atoms with van der Waals surface area (Å²) in [6.45, 7) is 5.64. The summed E-state index contributed by atoms with van der Waals surface area (Å²) in [5.74, 6) is 0. The minimum atomic E-state index is 0.0518. The Morgan fingerprint density at radius 1 is 0.750 bits per heavy atom. The van der Waals surface area contributed by atoms with Gasteiger partial charge in [-0.15, -0.1) is 0 Å². The van der Waals surface area contributed by atoms with Crippen molar-refractivity contribution in [2.45, 2.75) is 51.7 Å². The van der Waals surface area contributed by atoms with Crippen LogP contribution in [0.5, 0.6) is 0 Å². The highest BCUT2D eigenvalue weighted by Gasteiger charge is 2.24. The highest BCUT2D eigenvalue weighted by molar-refractivity contribution is 5.26. The molecule has 1 saturated heterocycles. The number of hydrogen-bond donors (Lipinski definition) is 0. The van der Waals surface area contributed by atoms with E-state index in [1.165, 1.54) is 35.1 Å². The Labute approximate surface area is 145 Å². The van der Waals surface area contributed by atoms with Crippen molar-refractivity contribution in [2.75, 3.05) is 13.2 Å². The number of rotatable bonds is 6. The molecule has 1 aliphatic heterocycles. The lowest BCUT2D eigenvalue weighted by Gasteiger charge is -2.30. The molecule has 0 N–H and O–H groups in total. The summed E-state index contributed by atoms with van der Waals surface area (Å²) in [7, 11) is 0. The zero-order valence-electron chi connectivity index (χ0n) is 14.8. The van der Waals surface area contributed by atoms with Gasteiger partial charge in [-0.1, -0.05) is 68.8 Å². The van der Waals surface area contributed by atoms with Crippen LogP contribution in [0.4, 0.5) is 0 Å². The lowest BCUT2D eigenvalue weighted by Crippen LogP contribution is -2.25. The predicted molar refractivity (Wildman–Crippen MR) is 98.3 cm³/mol. The van der Waals surface area contributed by atoms with Gasteiger partial charge in [-0.3, -0.25) is 0 Å². The minimum Gasteiger partial charge on any atom is -0.368 e. The van der Waals surface area contributed by atoms with E-state index in [4.69, 9.17) is 9.47 Å². The average molecular weight is 324 g/mol. The van der Waals surface area contributed by atoms with Gasteiger partial charge in [0.05, 0.1) is 13.2 Å². The second kappa shape index (κ2) is 8.46. The zero-order valence-corrected chi connectivity index (χ0v) is 14.8. The number of ether oxygens (including phenoxy) is 2. The largest absolute Gasteiger partial charge is 0.368 e. The van der Waals surface area contributed by atoms with E-state index in [2.05, 4.69) is 62.4 Å². The molecule has 24 heavy (non-hydrogen) atoms. The Balaban J connectivity index is 1.56. The standard InChI is InChI=1S/C22H28O2/c1-3-5-6-18-9-13-20(14-10-18)22-16-23-21(15-24-22)19-11-7-17(4-2)8-12-19/h7-14,21-22H,3-6,15-16H2,1-2H3/t21-,22+/m0/s1. The molecule has 1 aliphatic rings. The van der Waals surface area contributed by atoms with Crippen LogP contribution in [0, 0.1) is 0 Å². The first-order valence-electron chi connectivity index (χ1n) is 9.21. The van der Waals surface area contributed by atoms with Gasteiger partial charge in [-0.2, -0.15) is 0 Å². The second-order valence-corrected chi connectivity index (χ2v) is 6.58. The van der Waals surface area contributed by atoms with Crippen LogP contribution in [0.2, 0.25) is 0 Å². The van der Waals surface area contributed by atoms with E-state index >= 15 is 0 Å². The minimum absolute atomic E-state index is 0.0518. The summed E-state index contributed by atoms with van der Waals surface area (Å²) in [6.07, 6.45) is 4.82. The zero-order chi connectivity index (χ0) is 16.8. The van der Waals surface area contributed by atoms with Gasteiger partial charge in [-0.05, 0) is 41.5 Å². The molecule has 1 heterocycles. The van der Waals surface area contributed by atoms with E-state index in [0.717, 1.165) is 12.8 Å². The first-order valence-corrected chi connectivity index (χ1v) is 9.21. The molecule has 0 amide bonds. The average Bonchev–Trinajstić information content (AvgIpc) is 2.67. The smallest absolute Gasteiger partial charge is 0.106 e. The van der Waals surface area contributed by atoms with Crippen LogP contribution in [0.1, 0.15) is 61.2 Å². The maximum Gasteiger partial charge on any atom is 0.106 e. The lowest BCUT2D eigenvalue weighted by molar-refractivity contribution is -0.137. The second-order valence-electron chi connectivity index (χ2n) is 6.58. The van der Waals surface area contributed by atoms with Crippen molar-refractivity contribution in [1.82, 2.24) is 0 Å². The molecule has 0 saturated carbocycles. The van der Waals surface area contributed by atoms with Gasteiger partial charge in [0.1, 0.15) is 12.2 Å². The van der Waals surface area contributed by atoms with Crippen LogP contribution in [-0.4, -0.2) is 13.2 Å². The van der Waals surface area contributed by atoms with Gasteiger partial charge < -0.3 is 9.47 Å². The van der Waals surface area contributed by atoms with Crippen molar-refractivity contribution in [3.05, 3.63) is 70.8 Å². The van der Waals surface area contributed by atoms with Crippen LogP contribution in [0.15, 0.2) is 48.5 Å². The Morgan fingerprint density at radius 2 is 1.25 bits per heavy atom. The molecule has 0 radical (unpaired) electrons. The van der Waals surface area contributed by atoms with Crippen LogP contribution < -0.4 is 0 Å². The van der Waals surface area contributed by atoms with Gasteiger partial charge in [-0.25, -0.2) is 0 Å². The van der Waals surface area contributed by atoms with Crippen LogP contribution >= 0.6 is 0 Å². The van der Waals surface area contributed by atoms with Crippen LogP contribution in [0.25, 0.3) is 0 Å². The van der Waals surface area contributed by atoms with E-state index in [0.29, 0.717) is 13.2 Å². The van der Waals surface area contributed by atoms with Gasteiger partial charge in [0.15, 0.2) is 0 Å². The molecule has 0 aliphatic carbocycles. The Morgan fingerprint density at radius 3 is 1.67 bits per heavy atom. The Kier molecular flexibility index (Phi) is 6.06. The maximum atomic E-state index is 6.08. The third-order valence-corrected chi connectivity index (χ3v) is 4.83. The monoisotopic (exact) mass is 324 g/mol. The van der Waals surface area contributed by atoms with Gasteiger partial charge >= 0.3 is 0 Å². The van der Waals surface area contributed by atoms with Crippen LogP contribution in [0.3, 0.4) is 0 Å². The van der Waals surface area contributed by atoms with Gasteiger partial charge in [0, 0.05) is 0 Å².